The summed E-state index contributed by atoms with van der Waals surface area (Å²) in [5.74, 6) is 0.692. The minimum atomic E-state index is 0.0330. The fourth-order valence-corrected chi connectivity index (χ4v) is 2.42. The van der Waals surface area contributed by atoms with Crippen LogP contribution in [0.15, 0.2) is 11.1 Å². The SMILES string of the molecule is Oc1cc(Cl)c(NC2=NCCN2)c2nsnc12. The van der Waals surface area contributed by atoms with Crippen molar-refractivity contribution in [1.82, 2.24) is 14.1 Å². The van der Waals surface area contributed by atoms with Gasteiger partial charge in [-0.1, -0.05) is 11.6 Å². The van der Waals surface area contributed by atoms with Crippen LogP contribution in [0.1, 0.15) is 0 Å². The van der Waals surface area contributed by atoms with Crippen LogP contribution in [-0.4, -0.2) is 32.9 Å². The van der Waals surface area contributed by atoms with Crippen molar-refractivity contribution in [2.45, 2.75) is 0 Å². The fraction of sp³-hybridized carbons (Fsp3) is 0.222. The molecule has 1 aliphatic rings. The van der Waals surface area contributed by atoms with E-state index in [9.17, 15) is 5.11 Å². The summed E-state index contributed by atoms with van der Waals surface area (Å²) in [5, 5.41) is 16.2. The summed E-state index contributed by atoms with van der Waals surface area (Å²) < 4.78 is 8.14. The maximum absolute atomic E-state index is 9.67. The van der Waals surface area contributed by atoms with E-state index >= 15 is 0 Å². The van der Waals surface area contributed by atoms with E-state index in [0.717, 1.165) is 24.8 Å². The van der Waals surface area contributed by atoms with Gasteiger partial charge in [-0.2, -0.15) is 8.75 Å². The van der Waals surface area contributed by atoms with Crippen molar-refractivity contribution in [3.8, 4) is 5.75 Å². The second-order valence-electron chi connectivity index (χ2n) is 3.50. The molecule has 0 atom stereocenters. The van der Waals surface area contributed by atoms with Gasteiger partial charge in [0, 0.05) is 12.6 Å². The maximum Gasteiger partial charge on any atom is 0.196 e. The summed E-state index contributed by atoms with van der Waals surface area (Å²) in [5.41, 5.74) is 1.61. The Morgan fingerprint density at radius 2 is 2.24 bits per heavy atom. The minimum absolute atomic E-state index is 0.0330. The number of guanidine groups is 1. The van der Waals surface area contributed by atoms with Crippen LogP contribution in [0.4, 0.5) is 5.69 Å². The highest BCUT2D eigenvalue weighted by Gasteiger charge is 2.16. The van der Waals surface area contributed by atoms with Crippen molar-refractivity contribution in [2.75, 3.05) is 18.4 Å². The number of benzene rings is 1. The Kier molecular flexibility index (Phi) is 2.49. The molecule has 0 radical (unpaired) electrons. The number of nitrogens with one attached hydrogen (secondary N) is 2. The quantitative estimate of drug-likeness (QED) is 0.682. The number of aromatic hydroxyl groups is 1. The zero-order chi connectivity index (χ0) is 11.8. The van der Waals surface area contributed by atoms with Crippen molar-refractivity contribution >= 4 is 46.0 Å². The average Bonchev–Trinajstić information content (AvgIpc) is 2.95. The van der Waals surface area contributed by atoms with Gasteiger partial charge in [0.2, 0.25) is 0 Å². The maximum atomic E-state index is 9.67. The van der Waals surface area contributed by atoms with Crippen LogP contribution in [-0.2, 0) is 0 Å². The predicted octanol–water partition coefficient (Wildman–Crippen LogP) is 1.42. The van der Waals surface area contributed by atoms with Crippen molar-refractivity contribution in [1.29, 1.82) is 0 Å². The summed E-state index contributed by atoms with van der Waals surface area (Å²) in [6, 6.07) is 1.45. The summed E-state index contributed by atoms with van der Waals surface area (Å²) in [7, 11) is 0. The van der Waals surface area contributed by atoms with Gasteiger partial charge in [-0.15, -0.1) is 0 Å². The molecule has 1 aliphatic heterocycles. The lowest BCUT2D eigenvalue weighted by Crippen LogP contribution is -2.26. The first kappa shape index (κ1) is 10.5. The van der Waals surface area contributed by atoms with E-state index in [0.29, 0.717) is 27.7 Å². The van der Waals surface area contributed by atoms with Gasteiger partial charge in [-0.05, 0) is 0 Å². The lowest BCUT2D eigenvalue weighted by atomic mass is 10.2. The molecule has 17 heavy (non-hydrogen) atoms. The normalized spacial score (nSPS) is 14.8. The van der Waals surface area contributed by atoms with Crippen molar-refractivity contribution < 1.29 is 5.11 Å². The predicted molar refractivity (Wildman–Crippen MR) is 68.0 cm³/mol. The molecule has 0 amide bonds. The third-order valence-electron chi connectivity index (χ3n) is 2.39. The fourth-order valence-electron chi connectivity index (χ4n) is 1.61. The molecule has 6 nitrogen and oxygen atoms in total. The van der Waals surface area contributed by atoms with Gasteiger partial charge in [-0.25, -0.2) is 0 Å². The van der Waals surface area contributed by atoms with Gasteiger partial charge >= 0.3 is 0 Å². The van der Waals surface area contributed by atoms with Gasteiger partial charge in [0.1, 0.15) is 16.8 Å². The molecule has 3 rings (SSSR count). The smallest absolute Gasteiger partial charge is 0.196 e. The van der Waals surface area contributed by atoms with Crippen LogP contribution in [0.2, 0.25) is 5.02 Å². The Morgan fingerprint density at radius 1 is 1.41 bits per heavy atom. The van der Waals surface area contributed by atoms with Crippen LogP contribution in [0, 0.1) is 0 Å². The number of phenols is 1. The molecule has 2 aromatic rings. The molecule has 8 heteroatoms. The van der Waals surface area contributed by atoms with Gasteiger partial charge in [0.05, 0.1) is 29.0 Å². The van der Waals surface area contributed by atoms with E-state index in [1.807, 2.05) is 0 Å². The monoisotopic (exact) mass is 269 g/mol. The molecule has 3 N–H and O–H groups in total. The van der Waals surface area contributed by atoms with Crippen LogP contribution >= 0.6 is 23.3 Å². The molecule has 0 bridgehead atoms. The van der Waals surface area contributed by atoms with E-state index in [-0.39, 0.29) is 5.75 Å². The molecule has 0 unspecified atom stereocenters. The number of nitrogens with zero attached hydrogens (tertiary/aromatic N) is 3. The van der Waals surface area contributed by atoms with Crippen LogP contribution in [0.3, 0.4) is 0 Å². The number of fused-ring (bicyclic) bond motifs is 1. The third-order valence-corrected chi connectivity index (χ3v) is 3.21. The summed E-state index contributed by atoms with van der Waals surface area (Å²) >= 11 is 7.10. The molecule has 0 aliphatic carbocycles. The molecule has 0 spiro atoms. The highest BCUT2D eigenvalue weighted by atomic mass is 35.5. The number of rotatable bonds is 1. The zero-order valence-corrected chi connectivity index (χ0v) is 10.1. The van der Waals surface area contributed by atoms with Crippen LogP contribution < -0.4 is 10.6 Å². The Morgan fingerprint density at radius 3 is 3.00 bits per heavy atom. The molecule has 1 aromatic heterocycles. The first-order valence-electron chi connectivity index (χ1n) is 4.95. The van der Waals surface area contributed by atoms with Gasteiger partial charge in [0.15, 0.2) is 5.96 Å². The van der Waals surface area contributed by atoms with Crippen molar-refractivity contribution in [2.24, 2.45) is 4.99 Å². The molecule has 2 heterocycles. The van der Waals surface area contributed by atoms with Crippen molar-refractivity contribution in [3.63, 3.8) is 0 Å². The third kappa shape index (κ3) is 1.77. The summed E-state index contributed by atoms with van der Waals surface area (Å²) in [6.07, 6.45) is 0. The van der Waals surface area contributed by atoms with Gasteiger partial charge in [-0.3, -0.25) is 4.99 Å². The van der Waals surface area contributed by atoms with E-state index in [4.69, 9.17) is 11.6 Å². The molecular weight excluding hydrogens is 262 g/mol. The number of halogens is 1. The number of phenolic OH excluding ortho intramolecular Hbond substituents is 1. The highest BCUT2D eigenvalue weighted by molar-refractivity contribution is 7.00. The van der Waals surface area contributed by atoms with E-state index in [1.54, 1.807) is 0 Å². The van der Waals surface area contributed by atoms with E-state index in [1.165, 1.54) is 6.07 Å². The molecule has 0 saturated heterocycles. The van der Waals surface area contributed by atoms with Gasteiger partial charge < -0.3 is 15.7 Å². The minimum Gasteiger partial charge on any atom is -0.506 e. The summed E-state index contributed by atoms with van der Waals surface area (Å²) in [6.45, 7) is 1.53. The standard InChI is InChI=1S/C9H8ClN5OS/c10-4-3-5(16)7-8(15-17-14-7)6(4)13-9-11-1-2-12-9/h3,16H,1-2H2,(H2,11,12,13). The summed E-state index contributed by atoms with van der Waals surface area (Å²) in [4.78, 5) is 4.21. The first-order valence-corrected chi connectivity index (χ1v) is 6.05. The Bertz CT molecular complexity index is 611. The van der Waals surface area contributed by atoms with E-state index in [2.05, 4.69) is 24.4 Å². The number of hydrogen-bond acceptors (Lipinski definition) is 7. The zero-order valence-electron chi connectivity index (χ0n) is 8.57. The molecule has 0 fully saturated rings. The number of aromatic nitrogens is 2. The molecule has 0 saturated carbocycles. The highest BCUT2D eigenvalue weighted by Crippen LogP contribution is 2.35. The van der Waals surface area contributed by atoms with Crippen LogP contribution in [0.25, 0.3) is 11.0 Å². The molecular formula is C9H8ClN5OS. The largest absolute Gasteiger partial charge is 0.506 e. The lowest BCUT2D eigenvalue weighted by molar-refractivity contribution is 0.481. The Labute approximate surface area is 106 Å². The van der Waals surface area contributed by atoms with Gasteiger partial charge in [0.25, 0.3) is 0 Å². The Balaban J connectivity index is 2.11. The topological polar surface area (TPSA) is 82.4 Å². The molecule has 88 valence electrons. The average molecular weight is 270 g/mol. The number of hydrogen-bond donors (Lipinski definition) is 3. The second-order valence-corrected chi connectivity index (χ2v) is 4.43. The first-order chi connectivity index (χ1) is 8.25. The van der Waals surface area contributed by atoms with Crippen molar-refractivity contribution in [3.05, 3.63) is 11.1 Å². The second kappa shape index (κ2) is 4.01. The molecule has 1 aromatic carbocycles. The number of aliphatic imine (C=N–C) groups is 1. The number of anilines is 1. The lowest BCUT2D eigenvalue weighted by Gasteiger charge is -2.09. The van der Waals surface area contributed by atoms with Crippen LogP contribution in [0.5, 0.6) is 5.75 Å². The Hall–Kier alpha value is -1.60. The van der Waals surface area contributed by atoms with E-state index < -0.39 is 0 Å².